The molecular formula is C10H15N3O3. The van der Waals surface area contributed by atoms with Crippen LogP contribution >= 0.6 is 0 Å². The minimum absolute atomic E-state index is 0.0577. The zero-order valence-electron chi connectivity index (χ0n) is 9.56. The van der Waals surface area contributed by atoms with E-state index in [1.807, 2.05) is 13.8 Å². The molecule has 0 amide bonds. The van der Waals surface area contributed by atoms with Crippen LogP contribution in [-0.2, 0) is 4.74 Å². The second-order valence-corrected chi connectivity index (χ2v) is 3.28. The molecule has 1 heterocycles. The van der Waals surface area contributed by atoms with Crippen molar-refractivity contribution in [3.8, 4) is 5.88 Å². The van der Waals surface area contributed by atoms with Gasteiger partial charge >= 0.3 is 5.97 Å². The molecule has 6 nitrogen and oxygen atoms in total. The van der Waals surface area contributed by atoms with Gasteiger partial charge in [-0.05, 0) is 13.3 Å². The number of hydrogen-bond donors (Lipinski definition) is 1. The number of hydrogen-bond acceptors (Lipinski definition) is 6. The third-order valence-corrected chi connectivity index (χ3v) is 2.07. The molecule has 0 aliphatic rings. The lowest BCUT2D eigenvalue weighted by Gasteiger charge is -2.13. The quantitative estimate of drug-likeness (QED) is 0.770. The van der Waals surface area contributed by atoms with Crippen LogP contribution in [0.3, 0.4) is 0 Å². The van der Waals surface area contributed by atoms with E-state index in [2.05, 4.69) is 14.7 Å². The third-order valence-electron chi connectivity index (χ3n) is 2.07. The number of rotatable bonds is 4. The molecule has 0 bridgehead atoms. The Bertz CT molecular complexity index is 382. The van der Waals surface area contributed by atoms with Crippen LogP contribution in [0.15, 0.2) is 6.20 Å². The normalized spacial score (nSPS) is 11.9. The van der Waals surface area contributed by atoms with Gasteiger partial charge < -0.3 is 15.2 Å². The van der Waals surface area contributed by atoms with Crippen LogP contribution in [0, 0.1) is 0 Å². The zero-order valence-corrected chi connectivity index (χ0v) is 9.56. The second-order valence-electron chi connectivity index (χ2n) is 3.28. The highest BCUT2D eigenvalue weighted by Gasteiger charge is 2.17. The molecular weight excluding hydrogens is 210 g/mol. The van der Waals surface area contributed by atoms with Gasteiger partial charge in [-0.2, -0.15) is 4.98 Å². The molecule has 1 atom stereocenters. The van der Waals surface area contributed by atoms with E-state index in [0.29, 0.717) is 0 Å². The number of ether oxygens (including phenoxy) is 2. The van der Waals surface area contributed by atoms with Crippen LogP contribution in [0.5, 0.6) is 5.88 Å². The summed E-state index contributed by atoms with van der Waals surface area (Å²) < 4.78 is 10.1. The number of anilines is 1. The van der Waals surface area contributed by atoms with Gasteiger partial charge in [0, 0.05) is 0 Å². The van der Waals surface area contributed by atoms with Gasteiger partial charge in [-0.15, -0.1) is 0 Å². The Morgan fingerprint density at radius 3 is 2.88 bits per heavy atom. The number of aromatic nitrogens is 2. The summed E-state index contributed by atoms with van der Waals surface area (Å²) in [7, 11) is 1.28. The fraction of sp³-hybridized carbons (Fsp3) is 0.500. The Balaban J connectivity index is 3.03. The summed E-state index contributed by atoms with van der Waals surface area (Å²) in [6.07, 6.45) is 2.04. The Kier molecular flexibility index (Phi) is 4.04. The Labute approximate surface area is 93.8 Å². The van der Waals surface area contributed by atoms with E-state index >= 15 is 0 Å². The van der Waals surface area contributed by atoms with Crippen molar-refractivity contribution < 1.29 is 14.3 Å². The maximum Gasteiger partial charge on any atom is 0.344 e. The average Bonchev–Trinajstić information content (AvgIpc) is 2.28. The van der Waals surface area contributed by atoms with Crippen LogP contribution < -0.4 is 10.5 Å². The molecule has 6 heteroatoms. The minimum Gasteiger partial charge on any atom is -0.474 e. The number of carbonyl (C=O) groups excluding carboxylic acids is 1. The first-order chi connectivity index (χ1) is 7.58. The zero-order chi connectivity index (χ0) is 12.1. The third kappa shape index (κ3) is 2.82. The summed E-state index contributed by atoms with van der Waals surface area (Å²) in [6, 6.07) is 0. The molecule has 1 aromatic rings. The van der Waals surface area contributed by atoms with Crippen molar-refractivity contribution in [1.82, 2.24) is 9.97 Å². The van der Waals surface area contributed by atoms with E-state index in [9.17, 15) is 4.79 Å². The van der Waals surface area contributed by atoms with Gasteiger partial charge in [-0.25, -0.2) is 9.78 Å². The highest BCUT2D eigenvalue weighted by Crippen LogP contribution is 2.18. The molecule has 0 radical (unpaired) electrons. The number of esters is 1. The first-order valence-corrected chi connectivity index (χ1v) is 4.96. The van der Waals surface area contributed by atoms with Crippen molar-refractivity contribution in [3.05, 3.63) is 11.8 Å². The SMILES string of the molecule is CCC(C)Oc1nc(N)ncc1C(=O)OC. The molecule has 0 aliphatic heterocycles. The molecule has 0 saturated carbocycles. The van der Waals surface area contributed by atoms with Gasteiger partial charge in [-0.1, -0.05) is 6.92 Å². The van der Waals surface area contributed by atoms with E-state index < -0.39 is 5.97 Å². The molecule has 0 spiro atoms. The molecule has 0 fully saturated rings. The molecule has 1 rings (SSSR count). The molecule has 0 aromatic carbocycles. The Hall–Kier alpha value is -1.85. The summed E-state index contributed by atoms with van der Waals surface area (Å²) >= 11 is 0. The lowest BCUT2D eigenvalue weighted by molar-refractivity contribution is 0.0591. The van der Waals surface area contributed by atoms with E-state index in [0.717, 1.165) is 6.42 Å². The lowest BCUT2D eigenvalue weighted by Crippen LogP contribution is -2.16. The maximum absolute atomic E-state index is 11.4. The average molecular weight is 225 g/mol. The fourth-order valence-electron chi connectivity index (χ4n) is 0.993. The van der Waals surface area contributed by atoms with E-state index in [1.165, 1.54) is 13.3 Å². The van der Waals surface area contributed by atoms with Gasteiger partial charge in [0.05, 0.1) is 19.4 Å². The summed E-state index contributed by atoms with van der Waals surface area (Å²) in [5, 5.41) is 0. The van der Waals surface area contributed by atoms with Gasteiger partial charge in [0.25, 0.3) is 0 Å². The van der Waals surface area contributed by atoms with Crippen molar-refractivity contribution in [2.24, 2.45) is 0 Å². The standard InChI is InChI=1S/C10H15N3O3/c1-4-6(2)16-8-7(9(14)15-3)5-12-10(11)13-8/h5-6H,4H2,1-3H3,(H2,11,12,13). The number of nitrogens with two attached hydrogens (primary N) is 1. The lowest BCUT2D eigenvalue weighted by atomic mass is 10.3. The highest BCUT2D eigenvalue weighted by atomic mass is 16.5. The summed E-state index contributed by atoms with van der Waals surface area (Å²) in [5.41, 5.74) is 5.61. The van der Waals surface area contributed by atoms with Crippen molar-refractivity contribution in [2.75, 3.05) is 12.8 Å². The molecule has 1 unspecified atom stereocenters. The van der Waals surface area contributed by atoms with Crippen LogP contribution in [-0.4, -0.2) is 29.2 Å². The fourth-order valence-corrected chi connectivity index (χ4v) is 0.993. The molecule has 88 valence electrons. The first kappa shape index (κ1) is 12.2. The van der Waals surface area contributed by atoms with Crippen LogP contribution in [0.2, 0.25) is 0 Å². The van der Waals surface area contributed by atoms with Crippen LogP contribution in [0.25, 0.3) is 0 Å². The van der Waals surface area contributed by atoms with Gasteiger partial charge in [0.2, 0.25) is 11.8 Å². The number of methoxy groups -OCH3 is 1. The van der Waals surface area contributed by atoms with Crippen molar-refractivity contribution in [3.63, 3.8) is 0 Å². The molecule has 0 saturated heterocycles. The van der Waals surface area contributed by atoms with Crippen LogP contribution in [0.4, 0.5) is 5.95 Å². The molecule has 16 heavy (non-hydrogen) atoms. The molecule has 1 aromatic heterocycles. The Morgan fingerprint density at radius 1 is 1.62 bits per heavy atom. The summed E-state index contributed by atoms with van der Waals surface area (Å²) in [6.45, 7) is 3.84. The first-order valence-electron chi connectivity index (χ1n) is 4.96. The van der Waals surface area contributed by atoms with Crippen LogP contribution in [0.1, 0.15) is 30.6 Å². The number of carbonyl (C=O) groups is 1. The smallest absolute Gasteiger partial charge is 0.344 e. The van der Waals surface area contributed by atoms with Crippen molar-refractivity contribution in [1.29, 1.82) is 0 Å². The summed E-state index contributed by atoms with van der Waals surface area (Å²) in [4.78, 5) is 19.0. The predicted molar refractivity (Wildman–Crippen MR) is 58.2 cm³/mol. The highest BCUT2D eigenvalue weighted by molar-refractivity contribution is 5.91. The van der Waals surface area contributed by atoms with Gasteiger partial charge in [0.15, 0.2) is 0 Å². The number of nitrogens with zero attached hydrogens (tertiary/aromatic N) is 2. The van der Waals surface area contributed by atoms with Gasteiger partial charge in [0.1, 0.15) is 5.56 Å². The molecule has 0 aliphatic carbocycles. The molecule has 2 N–H and O–H groups in total. The van der Waals surface area contributed by atoms with Crippen molar-refractivity contribution in [2.45, 2.75) is 26.4 Å². The van der Waals surface area contributed by atoms with Gasteiger partial charge in [-0.3, -0.25) is 0 Å². The maximum atomic E-state index is 11.4. The predicted octanol–water partition coefficient (Wildman–Crippen LogP) is 1.02. The second kappa shape index (κ2) is 5.29. The topological polar surface area (TPSA) is 87.3 Å². The van der Waals surface area contributed by atoms with Crippen molar-refractivity contribution >= 4 is 11.9 Å². The Morgan fingerprint density at radius 2 is 2.31 bits per heavy atom. The monoisotopic (exact) mass is 225 g/mol. The number of nitrogen functional groups attached to an aromatic ring is 1. The van der Waals surface area contributed by atoms with E-state index in [1.54, 1.807) is 0 Å². The minimum atomic E-state index is -0.543. The van der Waals surface area contributed by atoms with E-state index in [4.69, 9.17) is 10.5 Å². The summed E-state index contributed by atoms with van der Waals surface area (Å²) in [5.74, 6) is -0.321. The largest absolute Gasteiger partial charge is 0.474 e. The van der Waals surface area contributed by atoms with E-state index in [-0.39, 0.29) is 23.5 Å².